The van der Waals surface area contributed by atoms with E-state index in [4.69, 9.17) is 14.2 Å². The molecule has 2 amide bonds. The molecule has 0 bridgehead atoms. The van der Waals surface area contributed by atoms with E-state index in [1.807, 2.05) is 35.2 Å². The van der Waals surface area contributed by atoms with E-state index in [9.17, 15) is 4.79 Å². The Morgan fingerprint density at radius 1 is 1.04 bits per heavy atom. The zero-order valence-corrected chi connectivity index (χ0v) is 16.1. The smallest absolute Gasteiger partial charge is 0.322 e. The summed E-state index contributed by atoms with van der Waals surface area (Å²) >= 11 is 0. The highest BCUT2D eigenvalue weighted by molar-refractivity contribution is 5.90. The summed E-state index contributed by atoms with van der Waals surface area (Å²) in [6.07, 6.45) is 4.23. The summed E-state index contributed by atoms with van der Waals surface area (Å²) in [6, 6.07) is 13.5. The number of ether oxygens (including phenoxy) is 3. The molecule has 2 aliphatic rings. The van der Waals surface area contributed by atoms with Crippen molar-refractivity contribution in [1.82, 2.24) is 4.90 Å². The quantitative estimate of drug-likeness (QED) is 0.842. The van der Waals surface area contributed by atoms with E-state index in [0.29, 0.717) is 24.7 Å². The van der Waals surface area contributed by atoms with E-state index < -0.39 is 0 Å². The molecule has 1 saturated heterocycles. The number of amides is 2. The molecule has 2 heterocycles. The van der Waals surface area contributed by atoms with E-state index in [1.54, 1.807) is 7.11 Å². The molecule has 148 valence electrons. The van der Waals surface area contributed by atoms with Gasteiger partial charge in [0.2, 0.25) is 0 Å². The number of carbonyl (C=O) groups is 1. The van der Waals surface area contributed by atoms with Crippen LogP contribution in [0, 0.1) is 0 Å². The summed E-state index contributed by atoms with van der Waals surface area (Å²) in [7, 11) is 1.66. The average molecular weight is 382 g/mol. The van der Waals surface area contributed by atoms with Gasteiger partial charge in [0.15, 0.2) is 11.5 Å². The van der Waals surface area contributed by atoms with Crippen LogP contribution in [0.4, 0.5) is 10.5 Å². The molecule has 28 heavy (non-hydrogen) atoms. The van der Waals surface area contributed by atoms with Crippen LogP contribution in [-0.4, -0.2) is 37.8 Å². The Morgan fingerprint density at radius 3 is 2.61 bits per heavy atom. The molecule has 1 atom stereocenters. The van der Waals surface area contributed by atoms with Crippen LogP contribution in [0.1, 0.15) is 37.3 Å². The number of hydrogen-bond donors (Lipinski definition) is 1. The van der Waals surface area contributed by atoms with Crippen LogP contribution in [0.2, 0.25) is 0 Å². The first kappa shape index (κ1) is 18.5. The highest BCUT2D eigenvalue weighted by Gasteiger charge is 2.27. The van der Waals surface area contributed by atoms with Crippen LogP contribution in [0.25, 0.3) is 0 Å². The predicted molar refractivity (Wildman–Crippen MR) is 107 cm³/mol. The Balaban J connectivity index is 1.52. The second kappa shape index (κ2) is 8.42. The number of nitrogens with one attached hydrogen (secondary N) is 1. The fraction of sp³-hybridized carbons (Fsp3) is 0.409. The lowest BCUT2D eigenvalue weighted by Crippen LogP contribution is -2.38. The molecule has 0 spiro atoms. The van der Waals surface area contributed by atoms with Gasteiger partial charge < -0.3 is 24.4 Å². The molecule has 2 aromatic rings. The van der Waals surface area contributed by atoms with E-state index >= 15 is 0 Å². The maximum atomic E-state index is 13.1. The lowest BCUT2D eigenvalue weighted by Gasteiger charge is -2.31. The summed E-state index contributed by atoms with van der Waals surface area (Å²) in [4.78, 5) is 15.1. The molecule has 4 rings (SSSR count). The van der Waals surface area contributed by atoms with Crippen molar-refractivity contribution < 1.29 is 19.0 Å². The Labute approximate surface area is 165 Å². The number of anilines is 1. The summed E-state index contributed by atoms with van der Waals surface area (Å²) in [5.41, 5.74) is 1.85. The van der Waals surface area contributed by atoms with Gasteiger partial charge in [-0.15, -0.1) is 0 Å². The van der Waals surface area contributed by atoms with Crippen molar-refractivity contribution in [2.75, 3.05) is 32.2 Å². The fourth-order valence-electron chi connectivity index (χ4n) is 3.84. The lowest BCUT2D eigenvalue weighted by molar-refractivity contribution is 0.171. The first-order valence-electron chi connectivity index (χ1n) is 9.86. The predicted octanol–water partition coefficient (Wildman–Crippen LogP) is 4.62. The summed E-state index contributed by atoms with van der Waals surface area (Å²) < 4.78 is 16.4. The Bertz CT molecular complexity index is 822. The van der Waals surface area contributed by atoms with Crippen molar-refractivity contribution in [2.45, 2.75) is 31.7 Å². The standard InChI is InChI=1S/C22H26N2O4/c1-26-18-9-6-16(7-10-18)19-5-3-2-4-12-24(19)22(25)23-17-8-11-20-21(15-17)28-14-13-27-20/h6-11,15,19H,2-5,12-14H2,1H3,(H,23,25)/t19-/m0/s1. The summed E-state index contributed by atoms with van der Waals surface area (Å²) in [6.45, 7) is 1.82. The minimum atomic E-state index is -0.0839. The van der Waals surface area contributed by atoms with Gasteiger partial charge in [0, 0.05) is 18.3 Å². The monoisotopic (exact) mass is 382 g/mol. The van der Waals surface area contributed by atoms with Crippen molar-refractivity contribution in [3.63, 3.8) is 0 Å². The number of carbonyl (C=O) groups excluding carboxylic acids is 1. The zero-order chi connectivity index (χ0) is 19.3. The largest absolute Gasteiger partial charge is 0.497 e. The van der Waals surface area contributed by atoms with E-state index in [2.05, 4.69) is 17.4 Å². The number of fused-ring (bicyclic) bond motifs is 1. The van der Waals surface area contributed by atoms with Crippen LogP contribution in [0.15, 0.2) is 42.5 Å². The number of nitrogens with zero attached hydrogens (tertiary/aromatic N) is 1. The molecule has 6 nitrogen and oxygen atoms in total. The number of rotatable bonds is 3. The van der Waals surface area contributed by atoms with Gasteiger partial charge in [-0.3, -0.25) is 0 Å². The van der Waals surface area contributed by atoms with Gasteiger partial charge >= 0.3 is 6.03 Å². The molecule has 2 aliphatic heterocycles. The SMILES string of the molecule is COc1ccc([C@@H]2CCCCCN2C(=O)Nc2ccc3c(c2)OCCO3)cc1. The fourth-order valence-corrected chi connectivity index (χ4v) is 3.84. The number of methoxy groups -OCH3 is 1. The molecule has 0 radical (unpaired) electrons. The molecule has 0 aromatic heterocycles. The minimum absolute atomic E-state index is 0.0608. The van der Waals surface area contributed by atoms with Gasteiger partial charge in [-0.1, -0.05) is 25.0 Å². The molecule has 2 aromatic carbocycles. The van der Waals surface area contributed by atoms with Gasteiger partial charge in [0.25, 0.3) is 0 Å². The maximum Gasteiger partial charge on any atom is 0.322 e. The molecular weight excluding hydrogens is 356 g/mol. The van der Waals surface area contributed by atoms with Gasteiger partial charge in [-0.05, 0) is 42.7 Å². The molecular formula is C22H26N2O4. The number of urea groups is 1. The first-order valence-corrected chi connectivity index (χ1v) is 9.86. The summed E-state index contributed by atoms with van der Waals surface area (Å²) in [5.74, 6) is 2.21. The molecule has 1 fully saturated rings. The highest BCUT2D eigenvalue weighted by Crippen LogP contribution is 2.34. The van der Waals surface area contributed by atoms with E-state index in [-0.39, 0.29) is 12.1 Å². The van der Waals surface area contributed by atoms with Crippen molar-refractivity contribution in [3.8, 4) is 17.2 Å². The Kier molecular flexibility index (Phi) is 5.55. The zero-order valence-electron chi connectivity index (χ0n) is 16.1. The minimum Gasteiger partial charge on any atom is -0.497 e. The van der Waals surface area contributed by atoms with E-state index in [1.165, 1.54) is 0 Å². The normalized spacial score (nSPS) is 18.9. The third kappa shape index (κ3) is 4.01. The summed E-state index contributed by atoms with van der Waals surface area (Å²) in [5, 5.41) is 3.04. The molecule has 1 N–H and O–H groups in total. The van der Waals surface area contributed by atoms with Crippen LogP contribution < -0.4 is 19.5 Å². The third-order valence-corrected chi connectivity index (χ3v) is 5.31. The van der Waals surface area contributed by atoms with Crippen molar-refractivity contribution >= 4 is 11.7 Å². The first-order chi connectivity index (χ1) is 13.7. The second-order valence-electron chi connectivity index (χ2n) is 7.12. The average Bonchev–Trinajstić information content (AvgIpc) is 3.00. The van der Waals surface area contributed by atoms with E-state index in [0.717, 1.165) is 49.3 Å². The second-order valence-corrected chi connectivity index (χ2v) is 7.12. The van der Waals surface area contributed by atoms with Crippen molar-refractivity contribution in [2.24, 2.45) is 0 Å². The van der Waals surface area contributed by atoms with Gasteiger partial charge in [0.05, 0.1) is 13.2 Å². The Morgan fingerprint density at radius 2 is 1.82 bits per heavy atom. The van der Waals surface area contributed by atoms with Crippen LogP contribution in [0.3, 0.4) is 0 Å². The topological polar surface area (TPSA) is 60.0 Å². The highest BCUT2D eigenvalue weighted by atomic mass is 16.6. The van der Waals surface area contributed by atoms with Crippen LogP contribution >= 0.6 is 0 Å². The molecule has 0 saturated carbocycles. The van der Waals surface area contributed by atoms with Crippen molar-refractivity contribution in [1.29, 1.82) is 0 Å². The molecule has 0 aliphatic carbocycles. The van der Waals surface area contributed by atoms with Crippen molar-refractivity contribution in [3.05, 3.63) is 48.0 Å². The molecule has 0 unspecified atom stereocenters. The maximum absolute atomic E-state index is 13.1. The van der Waals surface area contributed by atoms with Gasteiger partial charge in [0.1, 0.15) is 19.0 Å². The number of likely N-dealkylation sites (tertiary alicyclic amines) is 1. The van der Waals surface area contributed by atoms with Crippen LogP contribution in [-0.2, 0) is 0 Å². The number of benzene rings is 2. The molecule has 6 heteroatoms. The third-order valence-electron chi connectivity index (χ3n) is 5.31. The van der Waals surface area contributed by atoms with Crippen LogP contribution in [0.5, 0.6) is 17.2 Å². The van der Waals surface area contributed by atoms with Gasteiger partial charge in [-0.25, -0.2) is 4.79 Å². The number of hydrogen-bond acceptors (Lipinski definition) is 4. The Hall–Kier alpha value is -2.89. The van der Waals surface area contributed by atoms with Gasteiger partial charge in [-0.2, -0.15) is 0 Å². The lowest BCUT2D eigenvalue weighted by atomic mass is 10.0.